The molecule has 0 amide bonds. The summed E-state index contributed by atoms with van der Waals surface area (Å²) in [6.07, 6.45) is 5.44. The zero-order valence-corrected chi connectivity index (χ0v) is 8.00. The third-order valence-electron chi connectivity index (χ3n) is 1.91. The van der Waals surface area contributed by atoms with Gasteiger partial charge in [-0.05, 0) is 19.1 Å². The summed E-state index contributed by atoms with van der Waals surface area (Å²) in [7, 11) is 0. The van der Waals surface area contributed by atoms with Crippen molar-refractivity contribution in [1.82, 2.24) is 0 Å². The molecule has 0 fully saturated rings. The lowest BCUT2D eigenvalue weighted by Gasteiger charge is -2.25. The van der Waals surface area contributed by atoms with Gasteiger partial charge in [-0.2, -0.15) is 11.8 Å². The molecule has 1 nitrogen and oxygen atoms in total. The molecular weight excluding hydrogens is 144 g/mol. The van der Waals surface area contributed by atoms with E-state index < -0.39 is 0 Å². The summed E-state index contributed by atoms with van der Waals surface area (Å²) in [6, 6.07) is 0. The number of hydrogen-bond acceptors (Lipinski definition) is 2. The standard InChI is InChI=1S/C8H18OS/c1-4-5-8(2,10-3)6-7-9/h9H,4-7H2,1-3H3/t8-/m0/s1. The van der Waals surface area contributed by atoms with Gasteiger partial charge in [-0.25, -0.2) is 0 Å². The second-order valence-corrected chi connectivity index (χ2v) is 4.27. The third-order valence-corrected chi connectivity index (χ3v) is 3.31. The fourth-order valence-corrected chi connectivity index (χ4v) is 1.80. The molecule has 0 spiro atoms. The summed E-state index contributed by atoms with van der Waals surface area (Å²) in [5, 5.41) is 8.75. The fourth-order valence-electron chi connectivity index (χ4n) is 1.09. The molecule has 0 aromatic heterocycles. The van der Waals surface area contributed by atoms with Gasteiger partial charge in [0.25, 0.3) is 0 Å². The van der Waals surface area contributed by atoms with Gasteiger partial charge in [0.05, 0.1) is 0 Å². The highest BCUT2D eigenvalue weighted by molar-refractivity contribution is 7.99. The summed E-state index contributed by atoms with van der Waals surface area (Å²) in [5.74, 6) is 0. The van der Waals surface area contributed by atoms with Gasteiger partial charge in [-0.3, -0.25) is 0 Å². The molecule has 0 aromatic rings. The minimum Gasteiger partial charge on any atom is -0.396 e. The summed E-state index contributed by atoms with van der Waals surface area (Å²) < 4.78 is 0.309. The Bertz CT molecular complexity index is 77.3. The summed E-state index contributed by atoms with van der Waals surface area (Å²) in [5.41, 5.74) is 0. The topological polar surface area (TPSA) is 20.2 Å². The maximum absolute atomic E-state index is 8.75. The number of thioether (sulfide) groups is 1. The Balaban J connectivity index is 3.69. The monoisotopic (exact) mass is 162 g/mol. The van der Waals surface area contributed by atoms with Crippen molar-refractivity contribution >= 4 is 11.8 Å². The Morgan fingerprint density at radius 3 is 2.30 bits per heavy atom. The number of aliphatic hydroxyl groups is 1. The Hall–Kier alpha value is 0.310. The lowest BCUT2D eigenvalue weighted by Crippen LogP contribution is -2.20. The van der Waals surface area contributed by atoms with E-state index in [0.29, 0.717) is 11.4 Å². The van der Waals surface area contributed by atoms with Crippen LogP contribution in [-0.4, -0.2) is 22.7 Å². The highest BCUT2D eigenvalue weighted by Crippen LogP contribution is 2.30. The van der Waals surface area contributed by atoms with Crippen LogP contribution < -0.4 is 0 Å². The van der Waals surface area contributed by atoms with E-state index in [-0.39, 0.29) is 0 Å². The van der Waals surface area contributed by atoms with Crippen LogP contribution in [0.4, 0.5) is 0 Å². The van der Waals surface area contributed by atoms with E-state index in [0.717, 1.165) is 6.42 Å². The number of rotatable bonds is 5. The summed E-state index contributed by atoms with van der Waals surface area (Å²) in [4.78, 5) is 0. The molecule has 0 radical (unpaired) electrons. The van der Waals surface area contributed by atoms with E-state index in [1.54, 1.807) is 0 Å². The Morgan fingerprint density at radius 2 is 2.00 bits per heavy atom. The molecule has 2 heteroatoms. The van der Waals surface area contributed by atoms with Crippen LogP contribution in [0.1, 0.15) is 33.1 Å². The zero-order valence-electron chi connectivity index (χ0n) is 7.18. The Labute approximate surface area is 68.2 Å². The number of hydrogen-bond donors (Lipinski definition) is 1. The smallest absolute Gasteiger partial charge is 0.0444 e. The van der Waals surface area contributed by atoms with Crippen molar-refractivity contribution in [2.45, 2.75) is 37.9 Å². The quantitative estimate of drug-likeness (QED) is 0.669. The molecule has 0 unspecified atom stereocenters. The van der Waals surface area contributed by atoms with Gasteiger partial charge in [0.2, 0.25) is 0 Å². The maximum atomic E-state index is 8.75. The lowest BCUT2D eigenvalue weighted by molar-refractivity contribution is 0.268. The van der Waals surface area contributed by atoms with E-state index in [2.05, 4.69) is 20.1 Å². The molecule has 1 atom stereocenters. The first-order valence-corrected chi connectivity index (χ1v) is 5.07. The molecule has 62 valence electrons. The van der Waals surface area contributed by atoms with E-state index in [1.165, 1.54) is 12.8 Å². The van der Waals surface area contributed by atoms with Crippen LogP contribution >= 0.6 is 11.8 Å². The molecule has 0 saturated heterocycles. The van der Waals surface area contributed by atoms with Crippen LogP contribution in [0.15, 0.2) is 0 Å². The SMILES string of the molecule is CCC[C@@](C)(CCO)SC. The van der Waals surface area contributed by atoms with Gasteiger partial charge in [-0.1, -0.05) is 20.3 Å². The predicted molar refractivity (Wildman–Crippen MR) is 48.5 cm³/mol. The van der Waals surface area contributed by atoms with Gasteiger partial charge >= 0.3 is 0 Å². The highest BCUT2D eigenvalue weighted by Gasteiger charge is 2.20. The maximum Gasteiger partial charge on any atom is 0.0444 e. The van der Waals surface area contributed by atoms with Crippen molar-refractivity contribution in [3.05, 3.63) is 0 Å². The molecular formula is C8H18OS. The van der Waals surface area contributed by atoms with Gasteiger partial charge in [0, 0.05) is 11.4 Å². The molecule has 0 saturated carbocycles. The minimum absolute atomic E-state index is 0.309. The third kappa shape index (κ3) is 3.47. The average Bonchev–Trinajstić information content (AvgIpc) is 1.89. The van der Waals surface area contributed by atoms with E-state index in [9.17, 15) is 0 Å². The van der Waals surface area contributed by atoms with Crippen LogP contribution in [0.25, 0.3) is 0 Å². The second kappa shape index (κ2) is 5.03. The first-order valence-electron chi connectivity index (χ1n) is 3.84. The van der Waals surface area contributed by atoms with Crippen LogP contribution in [0.2, 0.25) is 0 Å². The average molecular weight is 162 g/mol. The van der Waals surface area contributed by atoms with Gasteiger partial charge < -0.3 is 5.11 Å². The van der Waals surface area contributed by atoms with Crippen molar-refractivity contribution < 1.29 is 5.11 Å². The minimum atomic E-state index is 0.309. The second-order valence-electron chi connectivity index (χ2n) is 2.88. The molecule has 0 aliphatic rings. The fraction of sp³-hybridized carbons (Fsp3) is 1.00. The Kier molecular flexibility index (Phi) is 5.18. The molecule has 0 rings (SSSR count). The first kappa shape index (κ1) is 10.3. The number of aliphatic hydroxyl groups excluding tert-OH is 1. The summed E-state index contributed by atoms with van der Waals surface area (Å²) in [6.45, 7) is 4.72. The normalized spacial score (nSPS) is 16.8. The van der Waals surface area contributed by atoms with Crippen LogP contribution in [0, 0.1) is 0 Å². The van der Waals surface area contributed by atoms with Gasteiger partial charge in [0.15, 0.2) is 0 Å². The van der Waals surface area contributed by atoms with Gasteiger partial charge in [-0.15, -0.1) is 0 Å². The van der Waals surface area contributed by atoms with Crippen molar-refractivity contribution in [3.63, 3.8) is 0 Å². The lowest BCUT2D eigenvalue weighted by atomic mass is 10.0. The van der Waals surface area contributed by atoms with Crippen LogP contribution in [0.5, 0.6) is 0 Å². The molecule has 0 aromatic carbocycles. The van der Waals surface area contributed by atoms with Crippen molar-refractivity contribution in [2.24, 2.45) is 0 Å². The molecule has 0 aliphatic carbocycles. The summed E-state index contributed by atoms with van der Waals surface area (Å²) >= 11 is 1.86. The molecule has 0 aliphatic heterocycles. The highest BCUT2D eigenvalue weighted by atomic mass is 32.2. The largest absolute Gasteiger partial charge is 0.396 e. The van der Waals surface area contributed by atoms with Crippen molar-refractivity contribution in [1.29, 1.82) is 0 Å². The van der Waals surface area contributed by atoms with E-state index in [1.807, 2.05) is 11.8 Å². The van der Waals surface area contributed by atoms with Crippen molar-refractivity contribution in [2.75, 3.05) is 12.9 Å². The molecule has 10 heavy (non-hydrogen) atoms. The predicted octanol–water partition coefficient (Wildman–Crippen LogP) is 2.29. The first-order chi connectivity index (χ1) is 4.68. The van der Waals surface area contributed by atoms with E-state index in [4.69, 9.17) is 5.11 Å². The van der Waals surface area contributed by atoms with Crippen molar-refractivity contribution in [3.8, 4) is 0 Å². The van der Waals surface area contributed by atoms with Crippen LogP contribution in [0.3, 0.4) is 0 Å². The van der Waals surface area contributed by atoms with E-state index >= 15 is 0 Å². The molecule has 0 bridgehead atoms. The zero-order chi connectivity index (χ0) is 8.04. The van der Waals surface area contributed by atoms with Gasteiger partial charge in [0.1, 0.15) is 0 Å². The van der Waals surface area contributed by atoms with Crippen LogP contribution in [-0.2, 0) is 0 Å². The molecule has 1 N–H and O–H groups in total. The molecule has 0 heterocycles. The Morgan fingerprint density at radius 1 is 1.40 bits per heavy atom.